The molecule has 4 N–H and O–H groups in total. The lowest BCUT2D eigenvalue weighted by molar-refractivity contribution is 0.688. The minimum atomic E-state index is 0.241. The van der Waals surface area contributed by atoms with Crippen molar-refractivity contribution in [1.29, 1.82) is 0 Å². The van der Waals surface area contributed by atoms with Gasteiger partial charge >= 0.3 is 0 Å². The normalized spacial score (nSPS) is 14.1. The van der Waals surface area contributed by atoms with Crippen LogP contribution in [-0.4, -0.2) is 17.9 Å². The number of alkyl halides is 1. The molecule has 0 rings (SSSR count). The Kier molecular flexibility index (Phi) is 4.82. The van der Waals surface area contributed by atoms with Crippen molar-refractivity contribution in [1.82, 2.24) is 0 Å². The highest BCUT2D eigenvalue weighted by molar-refractivity contribution is 9.09. The van der Waals surface area contributed by atoms with Gasteiger partial charge in [0.15, 0.2) is 0 Å². The van der Waals surface area contributed by atoms with E-state index in [1.165, 1.54) is 0 Å². The SMILES string of the molecule is NCC[C@H](N)CBr. The van der Waals surface area contributed by atoms with E-state index in [0.29, 0.717) is 6.54 Å². The molecule has 2 nitrogen and oxygen atoms in total. The lowest BCUT2D eigenvalue weighted by Crippen LogP contribution is -2.24. The summed E-state index contributed by atoms with van der Waals surface area (Å²) in [7, 11) is 0. The quantitative estimate of drug-likeness (QED) is 0.584. The Balaban J connectivity index is 2.83. The number of hydrogen-bond donors (Lipinski definition) is 2. The van der Waals surface area contributed by atoms with Crippen LogP contribution in [0, 0.1) is 0 Å². The summed E-state index contributed by atoms with van der Waals surface area (Å²) >= 11 is 3.24. The summed E-state index contributed by atoms with van der Waals surface area (Å²) in [5.41, 5.74) is 10.7. The van der Waals surface area contributed by atoms with Gasteiger partial charge < -0.3 is 11.5 Å². The standard InChI is InChI=1S/C4H11BrN2/c5-3-4(7)1-2-6/h4H,1-3,6-7H2/t4-/m0/s1. The molecule has 44 valence electrons. The smallest absolute Gasteiger partial charge is 0.0184 e. The first-order valence-corrected chi connectivity index (χ1v) is 3.45. The van der Waals surface area contributed by atoms with E-state index in [4.69, 9.17) is 11.5 Å². The molecule has 0 radical (unpaired) electrons. The lowest BCUT2D eigenvalue weighted by Gasteiger charge is -2.01. The van der Waals surface area contributed by atoms with Crippen LogP contribution in [-0.2, 0) is 0 Å². The molecule has 0 bridgehead atoms. The highest BCUT2D eigenvalue weighted by Crippen LogP contribution is 1.89. The molecule has 3 heteroatoms. The molecular formula is C4H11BrN2. The van der Waals surface area contributed by atoms with Gasteiger partial charge in [0.05, 0.1) is 0 Å². The van der Waals surface area contributed by atoms with Crippen molar-refractivity contribution in [3.05, 3.63) is 0 Å². The number of halogens is 1. The van der Waals surface area contributed by atoms with Crippen molar-refractivity contribution in [2.45, 2.75) is 12.5 Å². The van der Waals surface area contributed by atoms with E-state index < -0.39 is 0 Å². The average molecular weight is 167 g/mol. The zero-order valence-corrected chi connectivity index (χ0v) is 5.82. The maximum atomic E-state index is 5.46. The van der Waals surface area contributed by atoms with Crippen LogP contribution in [0.15, 0.2) is 0 Å². The second-order valence-corrected chi connectivity index (χ2v) is 2.14. The zero-order valence-electron chi connectivity index (χ0n) is 4.23. The Morgan fingerprint density at radius 2 is 2.14 bits per heavy atom. The van der Waals surface area contributed by atoms with E-state index in [-0.39, 0.29) is 6.04 Å². The molecule has 0 saturated heterocycles. The first kappa shape index (κ1) is 7.40. The fraction of sp³-hybridized carbons (Fsp3) is 1.00. The van der Waals surface area contributed by atoms with Crippen LogP contribution in [0.25, 0.3) is 0 Å². The third-order valence-corrected chi connectivity index (χ3v) is 1.57. The van der Waals surface area contributed by atoms with Crippen molar-refractivity contribution in [3.63, 3.8) is 0 Å². The van der Waals surface area contributed by atoms with Crippen molar-refractivity contribution in [2.24, 2.45) is 11.5 Å². The van der Waals surface area contributed by atoms with Crippen LogP contribution in [0.4, 0.5) is 0 Å². The summed E-state index contributed by atoms with van der Waals surface area (Å²) in [5, 5.41) is 0.851. The summed E-state index contributed by atoms with van der Waals surface area (Å²) in [4.78, 5) is 0. The molecule has 0 aliphatic carbocycles. The van der Waals surface area contributed by atoms with E-state index in [9.17, 15) is 0 Å². The van der Waals surface area contributed by atoms with Crippen LogP contribution in [0.1, 0.15) is 6.42 Å². The number of rotatable bonds is 3. The van der Waals surface area contributed by atoms with Gasteiger partial charge in [-0.05, 0) is 13.0 Å². The van der Waals surface area contributed by atoms with E-state index in [2.05, 4.69) is 15.9 Å². The van der Waals surface area contributed by atoms with Crippen LogP contribution < -0.4 is 11.5 Å². The fourth-order valence-corrected chi connectivity index (χ4v) is 0.615. The Morgan fingerprint density at radius 3 is 2.29 bits per heavy atom. The van der Waals surface area contributed by atoms with Gasteiger partial charge in [-0.15, -0.1) is 0 Å². The Bertz CT molecular complexity index is 40.7. The molecule has 0 saturated carbocycles. The van der Waals surface area contributed by atoms with Gasteiger partial charge in [0.25, 0.3) is 0 Å². The molecule has 0 spiro atoms. The van der Waals surface area contributed by atoms with Gasteiger partial charge in [-0.2, -0.15) is 0 Å². The van der Waals surface area contributed by atoms with Crippen LogP contribution >= 0.6 is 15.9 Å². The van der Waals surface area contributed by atoms with Crippen LogP contribution in [0.3, 0.4) is 0 Å². The van der Waals surface area contributed by atoms with Crippen molar-refractivity contribution in [3.8, 4) is 0 Å². The molecule has 0 aromatic heterocycles. The Labute approximate surface area is 52.4 Å². The van der Waals surface area contributed by atoms with Crippen LogP contribution in [0.5, 0.6) is 0 Å². The molecule has 0 aliphatic rings. The third kappa shape index (κ3) is 4.25. The maximum absolute atomic E-state index is 5.46. The van der Waals surface area contributed by atoms with Gasteiger partial charge in [-0.3, -0.25) is 0 Å². The number of hydrogen-bond acceptors (Lipinski definition) is 2. The third-order valence-electron chi connectivity index (χ3n) is 0.736. The number of nitrogens with two attached hydrogens (primary N) is 2. The summed E-state index contributed by atoms with van der Waals surface area (Å²) < 4.78 is 0. The van der Waals surface area contributed by atoms with Crippen molar-refractivity contribution < 1.29 is 0 Å². The molecule has 0 aromatic rings. The molecule has 7 heavy (non-hydrogen) atoms. The van der Waals surface area contributed by atoms with Gasteiger partial charge in [-0.1, -0.05) is 15.9 Å². The average Bonchev–Trinajstić information content (AvgIpc) is 1.68. The highest BCUT2D eigenvalue weighted by atomic mass is 79.9. The zero-order chi connectivity index (χ0) is 5.70. The van der Waals surface area contributed by atoms with E-state index in [0.717, 1.165) is 11.8 Å². The molecule has 0 amide bonds. The molecular weight excluding hydrogens is 156 g/mol. The summed E-state index contributed by atoms with van der Waals surface area (Å²) in [5.74, 6) is 0. The molecule has 0 unspecified atom stereocenters. The Morgan fingerprint density at radius 1 is 1.57 bits per heavy atom. The monoisotopic (exact) mass is 166 g/mol. The van der Waals surface area contributed by atoms with E-state index >= 15 is 0 Å². The maximum Gasteiger partial charge on any atom is 0.0184 e. The summed E-state index contributed by atoms with van der Waals surface area (Å²) in [6.07, 6.45) is 0.908. The minimum Gasteiger partial charge on any atom is -0.330 e. The predicted octanol–water partition coefficient (Wildman–Crippen LogP) is 0.0574. The van der Waals surface area contributed by atoms with Gasteiger partial charge in [0, 0.05) is 11.4 Å². The van der Waals surface area contributed by atoms with E-state index in [1.807, 2.05) is 0 Å². The molecule has 0 aromatic carbocycles. The van der Waals surface area contributed by atoms with Crippen molar-refractivity contribution >= 4 is 15.9 Å². The topological polar surface area (TPSA) is 52.0 Å². The van der Waals surface area contributed by atoms with Gasteiger partial charge in [0.1, 0.15) is 0 Å². The second kappa shape index (κ2) is 4.56. The molecule has 1 atom stereocenters. The van der Waals surface area contributed by atoms with E-state index in [1.54, 1.807) is 0 Å². The minimum absolute atomic E-state index is 0.241. The predicted molar refractivity (Wildman–Crippen MR) is 35.4 cm³/mol. The summed E-state index contributed by atoms with van der Waals surface area (Å²) in [6, 6.07) is 0.241. The molecule has 0 heterocycles. The largest absolute Gasteiger partial charge is 0.330 e. The molecule has 0 fully saturated rings. The van der Waals surface area contributed by atoms with Gasteiger partial charge in [0.2, 0.25) is 0 Å². The Hall–Kier alpha value is 0.400. The lowest BCUT2D eigenvalue weighted by atomic mass is 10.3. The molecule has 0 aliphatic heterocycles. The second-order valence-electron chi connectivity index (χ2n) is 1.49. The first-order chi connectivity index (χ1) is 3.31. The van der Waals surface area contributed by atoms with Crippen LogP contribution in [0.2, 0.25) is 0 Å². The fourth-order valence-electron chi connectivity index (χ4n) is 0.291. The first-order valence-electron chi connectivity index (χ1n) is 2.33. The van der Waals surface area contributed by atoms with Crippen molar-refractivity contribution in [2.75, 3.05) is 11.9 Å². The van der Waals surface area contributed by atoms with Gasteiger partial charge in [-0.25, -0.2) is 0 Å². The summed E-state index contributed by atoms with van der Waals surface area (Å²) in [6.45, 7) is 0.687. The highest BCUT2D eigenvalue weighted by Gasteiger charge is 1.94.